The van der Waals surface area contributed by atoms with Crippen LogP contribution in [-0.4, -0.2) is 11.9 Å². The summed E-state index contributed by atoms with van der Waals surface area (Å²) < 4.78 is 10.6. The van der Waals surface area contributed by atoms with Gasteiger partial charge in [0.1, 0.15) is 11.5 Å². The van der Waals surface area contributed by atoms with Crippen LogP contribution >= 0.6 is 0 Å². The van der Waals surface area contributed by atoms with E-state index in [1.165, 1.54) is 6.07 Å². The van der Waals surface area contributed by atoms with Crippen LogP contribution in [0.25, 0.3) is 0 Å². The van der Waals surface area contributed by atoms with Gasteiger partial charge in [0.05, 0.1) is 11.1 Å². The Morgan fingerprint density at radius 1 is 0.640 bits per heavy atom. The van der Waals surface area contributed by atoms with Crippen molar-refractivity contribution in [2.75, 3.05) is 0 Å². The Hall–Kier alpha value is -3.40. The van der Waals surface area contributed by atoms with Crippen LogP contribution in [0.1, 0.15) is 26.3 Å². The molecule has 124 valence electrons. The third-order valence-corrected chi connectivity index (χ3v) is 3.52. The predicted molar refractivity (Wildman–Crippen MR) is 94.0 cm³/mol. The molecule has 4 nitrogen and oxygen atoms in total. The van der Waals surface area contributed by atoms with Crippen LogP contribution in [0.15, 0.2) is 78.9 Å². The molecule has 0 saturated heterocycles. The number of hydrogen-bond donors (Lipinski definition) is 0. The lowest BCUT2D eigenvalue weighted by Gasteiger charge is -2.07. The quantitative estimate of drug-likeness (QED) is 0.524. The number of ether oxygens (including phenoxy) is 2. The summed E-state index contributed by atoms with van der Waals surface area (Å²) in [6.07, 6.45) is 0. The molecular formula is C21H16O4. The first kappa shape index (κ1) is 16.5. The molecule has 0 spiro atoms. The van der Waals surface area contributed by atoms with Crippen molar-refractivity contribution in [1.29, 1.82) is 0 Å². The van der Waals surface area contributed by atoms with E-state index < -0.39 is 11.9 Å². The van der Waals surface area contributed by atoms with Crippen molar-refractivity contribution in [2.24, 2.45) is 0 Å². The van der Waals surface area contributed by atoms with E-state index in [0.29, 0.717) is 16.9 Å². The zero-order valence-electron chi connectivity index (χ0n) is 13.6. The minimum atomic E-state index is -0.513. The zero-order valence-corrected chi connectivity index (χ0v) is 13.6. The summed E-state index contributed by atoms with van der Waals surface area (Å²) in [6, 6.07) is 22.2. The topological polar surface area (TPSA) is 52.6 Å². The van der Waals surface area contributed by atoms with Gasteiger partial charge in [-0.15, -0.1) is 0 Å². The lowest BCUT2D eigenvalue weighted by Crippen LogP contribution is -2.11. The molecular weight excluding hydrogens is 316 g/mol. The first-order valence-corrected chi connectivity index (χ1v) is 7.78. The Balaban J connectivity index is 1.71. The zero-order chi connectivity index (χ0) is 17.6. The minimum Gasteiger partial charge on any atom is -0.423 e. The molecule has 0 aromatic heterocycles. The van der Waals surface area contributed by atoms with Gasteiger partial charge in [-0.2, -0.15) is 0 Å². The molecule has 3 aromatic carbocycles. The van der Waals surface area contributed by atoms with Crippen LogP contribution in [0.2, 0.25) is 0 Å². The van der Waals surface area contributed by atoms with Gasteiger partial charge in [-0.3, -0.25) is 0 Å². The highest BCUT2D eigenvalue weighted by Gasteiger charge is 2.12. The molecule has 0 radical (unpaired) electrons. The van der Waals surface area contributed by atoms with E-state index in [-0.39, 0.29) is 5.75 Å². The van der Waals surface area contributed by atoms with Crippen LogP contribution in [0, 0.1) is 6.92 Å². The summed E-state index contributed by atoms with van der Waals surface area (Å²) in [5, 5.41) is 0. The molecule has 0 bridgehead atoms. The number of esters is 2. The molecule has 0 amide bonds. The molecule has 0 unspecified atom stereocenters. The fraction of sp³-hybridized carbons (Fsp3) is 0.0476. The molecule has 0 fully saturated rings. The largest absolute Gasteiger partial charge is 0.423 e. The molecule has 3 aromatic rings. The monoisotopic (exact) mass is 332 g/mol. The van der Waals surface area contributed by atoms with Crippen LogP contribution in [0.4, 0.5) is 0 Å². The maximum atomic E-state index is 12.2. The van der Waals surface area contributed by atoms with Gasteiger partial charge in [0, 0.05) is 0 Å². The Morgan fingerprint density at radius 3 is 1.96 bits per heavy atom. The third-order valence-electron chi connectivity index (χ3n) is 3.52. The Kier molecular flexibility index (Phi) is 4.90. The van der Waals surface area contributed by atoms with Crippen LogP contribution < -0.4 is 9.47 Å². The van der Waals surface area contributed by atoms with E-state index in [4.69, 9.17) is 9.47 Å². The number of carbonyl (C=O) groups is 2. The normalized spacial score (nSPS) is 10.1. The second-order valence-electron chi connectivity index (χ2n) is 5.49. The number of hydrogen-bond acceptors (Lipinski definition) is 4. The lowest BCUT2D eigenvalue weighted by atomic mass is 10.2. The maximum absolute atomic E-state index is 12.2. The summed E-state index contributed by atoms with van der Waals surface area (Å²) in [4.78, 5) is 24.3. The van der Waals surface area contributed by atoms with Crippen molar-refractivity contribution in [3.8, 4) is 11.5 Å². The number of rotatable bonds is 4. The second-order valence-corrected chi connectivity index (χ2v) is 5.49. The smallest absolute Gasteiger partial charge is 0.343 e. The predicted octanol–water partition coefficient (Wildman–Crippen LogP) is 4.43. The van der Waals surface area contributed by atoms with Gasteiger partial charge in [0.25, 0.3) is 0 Å². The molecule has 25 heavy (non-hydrogen) atoms. The molecule has 0 atom stereocenters. The number of aryl methyl sites for hydroxylation is 1. The molecule has 0 aliphatic rings. The maximum Gasteiger partial charge on any atom is 0.343 e. The standard InChI is InChI=1S/C21H16O4/c1-15-10-12-18(13-11-15)24-21(23)17-8-5-9-19(14-17)25-20(22)16-6-3-2-4-7-16/h2-14H,1H3. The Bertz CT molecular complexity index is 883. The molecule has 0 aliphatic heterocycles. The van der Waals surface area contributed by atoms with E-state index >= 15 is 0 Å². The summed E-state index contributed by atoms with van der Waals surface area (Å²) in [5.41, 5.74) is 1.82. The first-order valence-electron chi connectivity index (χ1n) is 7.78. The van der Waals surface area contributed by atoms with E-state index in [1.807, 2.05) is 25.1 Å². The Morgan fingerprint density at radius 2 is 1.24 bits per heavy atom. The Labute approximate surface area is 145 Å². The van der Waals surface area contributed by atoms with Crippen LogP contribution in [0.3, 0.4) is 0 Å². The van der Waals surface area contributed by atoms with Crippen molar-refractivity contribution >= 4 is 11.9 Å². The van der Waals surface area contributed by atoms with Crippen molar-refractivity contribution in [1.82, 2.24) is 0 Å². The average molecular weight is 332 g/mol. The van der Waals surface area contributed by atoms with Gasteiger partial charge < -0.3 is 9.47 Å². The number of carbonyl (C=O) groups excluding carboxylic acids is 2. The van der Waals surface area contributed by atoms with Gasteiger partial charge in [-0.05, 0) is 49.4 Å². The average Bonchev–Trinajstić information content (AvgIpc) is 2.64. The molecule has 0 heterocycles. The van der Waals surface area contributed by atoms with Gasteiger partial charge in [0.15, 0.2) is 0 Å². The minimum absolute atomic E-state index is 0.284. The van der Waals surface area contributed by atoms with E-state index in [1.54, 1.807) is 54.6 Å². The van der Waals surface area contributed by atoms with E-state index in [0.717, 1.165) is 5.56 Å². The molecule has 4 heteroatoms. The van der Waals surface area contributed by atoms with Crippen molar-refractivity contribution in [3.05, 3.63) is 95.6 Å². The van der Waals surface area contributed by atoms with Crippen molar-refractivity contribution < 1.29 is 19.1 Å². The summed E-state index contributed by atoms with van der Waals surface area (Å²) in [5.74, 6) is -0.249. The third kappa shape index (κ3) is 4.32. The highest BCUT2D eigenvalue weighted by molar-refractivity contribution is 5.93. The van der Waals surface area contributed by atoms with E-state index in [2.05, 4.69) is 0 Å². The van der Waals surface area contributed by atoms with Gasteiger partial charge >= 0.3 is 11.9 Å². The highest BCUT2D eigenvalue weighted by atomic mass is 16.5. The molecule has 0 saturated carbocycles. The first-order chi connectivity index (χ1) is 12.1. The highest BCUT2D eigenvalue weighted by Crippen LogP contribution is 2.18. The van der Waals surface area contributed by atoms with E-state index in [9.17, 15) is 9.59 Å². The molecule has 0 N–H and O–H groups in total. The van der Waals surface area contributed by atoms with Crippen LogP contribution in [0.5, 0.6) is 11.5 Å². The van der Waals surface area contributed by atoms with Crippen molar-refractivity contribution in [3.63, 3.8) is 0 Å². The summed E-state index contributed by atoms with van der Waals surface area (Å²) in [6.45, 7) is 1.95. The van der Waals surface area contributed by atoms with Gasteiger partial charge in [-0.25, -0.2) is 9.59 Å². The fourth-order valence-corrected chi connectivity index (χ4v) is 2.20. The number of benzene rings is 3. The van der Waals surface area contributed by atoms with Gasteiger partial charge in [-0.1, -0.05) is 42.0 Å². The summed E-state index contributed by atoms with van der Waals surface area (Å²) in [7, 11) is 0. The molecule has 3 rings (SSSR count). The lowest BCUT2D eigenvalue weighted by molar-refractivity contribution is 0.0714. The SMILES string of the molecule is Cc1ccc(OC(=O)c2cccc(OC(=O)c3ccccc3)c2)cc1. The van der Waals surface area contributed by atoms with Crippen LogP contribution in [-0.2, 0) is 0 Å². The molecule has 0 aliphatic carbocycles. The van der Waals surface area contributed by atoms with Crippen molar-refractivity contribution in [2.45, 2.75) is 6.92 Å². The van der Waals surface area contributed by atoms with Gasteiger partial charge in [0.2, 0.25) is 0 Å². The summed E-state index contributed by atoms with van der Waals surface area (Å²) >= 11 is 0. The second kappa shape index (κ2) is 7.45. The fourth-order valence-electron chi connectivity index (χ4n) is 2.20.